The average molecular weight is 297 g/mol. The molecular weight excluding hydrogens is 256 g/mol. The first-order valence-corrected chi connectivity index (χ1v) is 9.43. The van der Waals surface area contributed by atoms with Crippen molar-refractivity contribution in [2.24, 2.45) is 11.5 Å². The standard InChI is InChI=1S/C19H40N2/c1-2-3-4-5-6-7-8-9-10-11-12-13-14-15-16-17-19(21)18-20/h16-17,19H,2-15,18,20-21H2,1H3. The molecule has 2 nitrogen and oxygen atoms in total. The lowest BCUT2D eigenvalue weighted by atomic mass is 10.0. The Labute approximate surface area is 133 Å². The number of nitrogens with two attached hydrogens (primary N) is 2. The molecule has 0 heterocycles. The van der Waals surface area contributed by atoms with Crippen molar-refractivity contribution < 1.29 is 0 Å². The van der Waals surface area contributed by atoms with Crippen molar-refractivity contribution in [2.45, 2.75) is 103 Å². The van der Waals surface area contributed by atoms with Gasteiger partial charge in [-0.25, -0.2) is 0 Å². The van der Waals surface area contributed by atoms with Gasteiger partial charge in [0.2, 0.25) is 0 Å². The van der Waals surface area contributed by atoms with Crippen molar-refractivity contribution in [3.05, 3.63) is 12.2 Å². The van der Waals surface area contributed by atoms with Gasteiger partial charge in [-0.1, -0.05) is 96.1 Å². The second-order valence-electron chi connectivity index (χ2n) is 6.36. The zero-order chi connectivity index (χ0) is 15.6. The highest BCUT2D eigenvalue weighted by Gasteiger charge is 1.94. The first-order valence-electron chi connectivity index (χ1n) is 9.43. The Morgan fingerprint density at radius 3 is 1.57 bits per heavy atom. The van der Waals surface area contributed by atoms with Crippen LogP contribution in [0.1, 0.15) is 96.8 Å². The Bertz CT molecular complexity index is 214. The molecule has 21 heavy (non-hydrogen) atoms. The van der Waals surface area contributed by atoms with E-state index in [9.17, 15) is 0 Å². The fourth-order valence-corrected chi connectivity index (χ4v) is 2.63. The molecule has 0 bridgehead atoms. The van der Waals surface area contributed by atoms with Crippen LogP contribution in [0.2, 0.25) is 0 Å². The van der Waals surface area contributed by atoms with Gasteiger partial charge in [-0.3, -0.25) is 0 Å². The largest absolute Gasteiger partial charge is 0.329 e. The van der Waals surface area contributed by atoms with Crippen molar-refractivity contribution in [3.63, 3.8) is 0 Å². The zero-order valence-corrected chi connectivity index (χ0v) is 14.5. The van der Waals surface area contributed by atoms with Gasteiger partial charge >= 0.3 is 0 Å². The molecule has 0 aliphatic carbocycles. The molecule has 1 atom stereocenters. The summed E-state index contributed by atoms with van der Waals surface area (Å²) >= 11 is 0. The van der Waals surface area contributed by atoms with Crippen LogP contribution < -0.4 is 11.5 Å². The number of rotatable bonds is 16. The lowest BCUT2D eigenvalue weighted by Gasteiger charge is -2.03. The van der Waals surface area contributed by atoms with E-state index in [2.05, 4.69) is 13.0 Å². The van der Waals surface area contributed by atoms with Crippen molar-refractivity contribution in [1.29, 1.82) is 0 Å². The summed E-state index contributed by atoms with van der Waals surface area (Å²) in [6.45, 7) is 2.83. The van der Waals surface area contributed by atoms with Crippen LogP contribution in [0.4, 0.5) is 0 Å². The first kappa shape index (κ1) is 20.7. The van der Waals surface area contributed by atoms with Crippen LogP contribution in [-0.2, 0) is 0 Å². The molecule has 0 rings (SSSR count). The quantitative estimate of drug-likeness (QED) is 0.299. The molecular formula is C19H40N2. The van der Waals surface area contributed by atoms with Crippen LogP contribution in [-0.4, -0.2) is 12.6 Å². The normalized spacial score (nSPS) is 13.1. The van der Waals surface area contributed by atoms with E-state index in [0.29, 0.717) is 6.54 Å². The third-order valence-electron chi connectivity index (χ3n) is 4.13. The fourth-order valence-electron chi connectivity index (χ4n) is 2.63. The van der Waals surface area contributed by atoms with E-state index in [0.717, 1.165) is 6.42 Å². The average Bonchev–Trinajstić information content (AvgIpc) is 2.50. The third kappa shape index (κ3) is 17.6. The predicted octanol–water partition coefficient (Wildman–Crippen LogP) is 5.31. The molecule has 0 amide bonds. The van der Waals surface area contributed by atoms with Crippen LogP contribution in [0.15, 0.2) is 12.2 Å². The predicted molar refractivity (Wildman–Crippen MR) is 96.5 cm³/mol. The summed E-state index contributed by atoms with van der Waals surface area (Å²) < 4.78 is 0. The van der Waals surface area contributed by atoms with Crippen molar-refractivity contribution in [2.75, 3.05) is 6.54 Å². The Kier molecular flexibility index (Phi) is 17.4. The lowest BCUT2D eigenvalue weighted by Crippen LogP contribution is -2.26. The highest BCUT2D eigenvalue weighted by atomic mass is 14.7. The third-order valence-corrected chi connectivity index (χ3v) is 4.13. The molecule has 0 spiro atoms. The smallest absolute Gasteiger partial charge is 0.0348 e. The molecule has 0 radical (unpaired) electrons. The summed E-state index contributed by atoms with van der Waals surface area (Å²) in [4.78, 5) is 0. The van der Waals surface area contributed by atoms with Crippen molar-refractivity contribution in [1.82, 2.24) is 0 Å². The minimum absolute atomic E-state index is 0.0481. The van der Waals surface area contributed by atoms with E-state index in [1.165, 1.54) is 83.5 Å². The lowest BCUT2D eigenvalue weighted by molar-refractivity contribution is 0.540. The van der Waals surface area contributed by atoms with Crippen molar-refractivity contribution >= 4 is 0 Å². The second-order valence-corrected chi connectivity index (χ2v) is 6.36. The van der Waals surface area contributed by atoms with E-state index < -0.39 is 0 Å². The van der Waals surface area contributed by atoms with Crippen LogP contribution >= 0.6 is 0 Å². The summed E-state index contributed by atoms with van der Waals surface area (Å²) in [5, 5.41) is 0. The molecule has 0 fully saturated rings. The van der Waals surface area contributed by atoms with Crippen molar-refractivity contribution in [3.8, 4) is 0 Å². The summed E-state index contributed by atoms with van der Waals surface area (Å²) in [6.07, 6.45) is 23.8. The van der Waals surface area contributed by atoms with Gasteiger partial charge in [0.05, 0.1) is 0 Å². The molecule has 0 aromatic rings. The van der Waals surface area contributed by atoms with Crippen LogP contribution in [0, 0.1) is 0 Å². The molecule has 0 aromatic heterocycles. The molecule has 1 unspecified atom stereocenters. The summed E-state index contributed by atoms with van der Waals surface area (Å²) in [7, 11) is 0. The molecule has 0 saturated heterocycles. The highest BCUT2D eigenvalue weighted by Crippen LogP contribution is 2.12. The van der Waals surface area contributed by atoms with E-state index in [4.69, 9.17) is 11.5 Å². The SMILES string of the molecule is CCCCCCCCCCCCCCCC=CC(N)CN. The van der Waals surface area contributed by atoms with E-state index >= 15 is 0 Å². The van der Waals surface area contributed by atoms with E-state index in [1.807, 2.05) is 6.08 Å². The monoisotopic (exact) mass is 296 g/mol. The molecule has 2 heteroatoms. The van der Waals surface area contributed by atoms with Gasteiger partial charge in [-0.15, -0.1) is 0 Å². The number of allylic oxidation sites excluding steroid dienone is 1. The Morgan fingerprint density at radius 1 is 0.714 bits per heavy atom. The maximum Gasteiger partial charge on any atom is 0.0348 e. The van der Waals surface area contributed by atoms with E-state index in [1.54, 1.807) is 0 Å². The minimum Gasteiger partial charge on any atom is -0.329 e. The maximum absolute atomic E-state index is 5.72. The van der Waals surface area contributed by atoms with Gasteiger partial charge < -0.3 is 11.5 Å². The van der Waals surface area contributed by atoms with Gasteiger partial charge in [-0.05, 0) is 12.8 Å². The Morgan fingerprint density at radius 2 is 1.14 bits per heavy atom. The molecule has 0 aromatic carbocycles. The van der Waals surface area contributed by atoms with Gasteiger partial charge in [0.15, 0.2) is 0 Å². The second kappa shape index (κ2) is 17.7. The summed E-state index contributed by atoms with van der Waals surface area (Å²) in [5.74, 6) is 0. The molecule has 0 aliphatic rings. The molecule has 4 N–H and O–H groups in total. The summed E-state index contributed by atoms with van der Waals surface area (Å²) in [5.41, 5.74) is 11.2. The van der Waals surface area contributed by atoms with Gasteiger partial charge in [0, 0.05) is 12.6 Å². The molecule has 0 saturated carbocycles. The van der Waals surface area contributed by atoms with Gasteiger partial charge in [0.25, 0.3) is 0 Å². The number of hydrogen-bond donors (Lipinski definition) is 2. The van der Waals surface area contributed by atoms with E-state index in [-0.39, 0.29) is 6.04 Å². The fraction of sp³-hybridized carbons (Fsp3) is 0.895. The van der Waals surface area contributed by atoms with Crippen LogP contribution in [0.3, 0.4) is 0 Å². The summed E-state index contributed by atoms with van der Waals surface area (Å²) in [6, 6.07) is 0.0481. The van der Waals surface area contributed by atoms with Gasteiger partial charge in [0.1, 0.15) is 0 Å². The maximum atomic E-state index is 5.72. The highest BCUT2D eigenvalue weighted by molar-refractivity contribution is 4.91. The first-order chi connectivity index (χ1) is 10.3. The topological polar surface area (TPSA) is 52.0 Å². The van der Waals surface area contributed by atoms with Crippen LogP contribution in [0.25, 0.3) is 0 Å². The molecule has 0 aliphatic heterocycles. The molecule has 126 valence electrons. The Balaban J connectivity index is 3.04. The van der Waals surface area contributed by atoms with Gasteiger partial charge in [-0.2, -0.15) is 0 Å². The van der Waals surface area contributed by atoms with Crippen LogP contribution in [0.5, 0.6) is 0 Å². The number of hydrogen-bond acceptors (Lipinski definition) is 2. The Hall–Kier alpha value is -0.340. The minimum atomic E-state index is 0.0481. The zero-order valence-electron chi connectivity index (χ0n) is 14.5. The number of unbranched alkanes of at least 4 members (excludes halogenated alkanes) is 13.